The molecule has 2 atom stereocenters. The zero-order valence-corrected chi connectivity index (χ0v) is 11.9. The van der Waals surface area contributed by atoms with Crippen LogP contribution in [0.15, 0.2) is 53.6 Å². The first-order valence-corrected chi connectivity index (χ1v) is 7.60. The maximum Gasteiger partial charge on any atom is 0.0570 e. The van der Waals surface area contributed by atoms with Gasteiger partial charge in [-0.3, -0.25) is 4.98 Å². The molecule has 19 heavy (non-hydrogen) atoms. The van der Waals surface area contributed by atoms with Gasteiger partial charge in [0.15, 0.2) is 0 Å². The van der Waals surface area contributed by atoms with Gasteiger partial charge in [0.1, 0.15) is 0 Å². The molecule has 0 fully saturated rings. The summed E-state index contributed by atoms with van der Waals surface area (Å²) in [6.07, 6.45) is 3.02. The minimum Gasteiger partial charge on any atom is -0.308 e. The summed E-state index contributed by atoms with van der Waals surface area (Å²) in [4.78, 5) is 5.84. The Balaban J connectivity index is 1.55. The van der Waals surface area contributed by atoms with E-state index in [1.165, 1.54) is 16.9 Å². The number of nitrogens with zero attached hydrogens (tertiary/aromatic N) is 1. The van der Waals surface area contributed by atoms with E-state index in [0.717, 1.165) is 12.2 Å². The molecule has 0 bridgehead atoms. The Morgan fingerprint density at radius 2 is 2.11 bits per heavy atom. The van der Waals surface area contributed by atoms with Gasteiger partial charge in [0.25, 0.3) is 0 Å². The lowest BCUT2D eigenvalue weighted by Crippen LogP contribution is -2.27. The number of nitrogens with one attached hydrogen (secondary N) is 1. The highest BCUT2D eigenvalue weighted by Gasteiger charge is 2.22. The Bertz CT molecular complexity index is 516. The van der Waals surface area contributed by atoms with Crippen molar-refractivity contribution in [2.75, 3.05) is 6.54 Å². The average Bonchev–Trinajstić information content (AvgIpc) is 2.88. The fraction of sp³-hybridized carbons (Fsp3) is 0.312. The number of fused-ring (bicyclic) bond motifs is 1. The van der Waals surface area contributed by atoms with Crippen LogP contribution in [0, 0.1) is 0 Å². The van der Waals surface area contributed by atoms with Gasteiger partial charge in [0.2, 0.25) is 0 Å². The molecule has 2 nitrogen and oxygen atoms in total. The van der Waals surface area contributed by atoms with Crippen molar-refractivity contribution >= 4 is 11.8 Å². The van der Waals surface area contributed by atoms with Gasteiger partial charge in [0, 0.05) is 28.9 Å². The van der Waals surface area contributed by atoms with Crippen molar-refractivity contribution < 1.29 is 0 Å². The molecule has 0 saturated heterocycles. The minimum absolute atomic E-state index is 0.311. The largest absolute Gasteiger partial charge is 0.308 e. The number of aromatic nitrogens is 1. The van der Waals surface area contributed by atoms with Gasteiger partial charge in [-0.25, -0.2) is 0 Å². The molecule has 1 aromatic carbocycles. The summed E-state index contributed by atoms with van der Waals surface area (Å²) in [5, 5.41) is 4.23. The minimum atomic E-state index is 0.311. The first-order chi connectivity index (χ1) is 9.33. The smallest absolute Gasteiger partial charge is 0.0570 e. The van der Waals surface area contributed by atoms with Crippen LogP contribution in [0.3, 0.4) is 0 Å². The van der Waals surface area contributed by atoms with E-state index < -0.39 is 0 Å². The molecule has 3 heteroatoms. The molecule has 2 heterocycles. The quantitative estimate of drug-likeness (QED) is 0.921. The Morgan fingerprint density at radius 1 is 1.26 bits per heavy atom. The highest BCUT2D eigenvalue weighted by molar-refractivity contribution is 8.00. The first-order valence-electron chi connectivity index (χ1n) is 6.72. The monoisotopic (exact) mass is 270 g/mol. The van der Waals surface area contributed by atoms with Gasteiger partial charge in [-0.15, -0.1) is 11.8 Å². The SMILES string of the molecule is C[C@@H](NCC1Cc2ccccc2S1)c1ccccn1. The standard InChI is InChI=1S/C16H18N2S/c1-12(15-7-4-5-9-17-15)18-11-14-10-13-6-2-3-8-16(13)19-14/h2-9,12,14,18H,10-11H2,1H3/t12-,14?/m1/s1. The van der Waals surface area contributed by atoms with Crippen LogP contribution in [0.25, 0.3) is 0 Å². The summed E-state index contributed by atoms with van der Waals surface area (Å²) in [5.74, 6) is 0. The molecule has 98 valence electrons. The van der Waals surface area contributed by atoms with Gasteiger partial charge in [-0.2, -0.15) is 0 Å². The van der Waals surface area contributed by atoms with Crippen molar-refractivity contribution in [1.82, 2.24) is 10.3 Å². The van der Waals surface area contributed by atoms with E-state index in [0.29, 0.717) is 11.3 Å². The van der Waals surface area contributed by atoms with Crippen LogP contribution in [0.4, 0.5) is 0 Å². The molecule has 2 aromatic rings. The van der Waals surface area contributed by atoms with E-state index in [-0.39, 0.29) is 0 Å². The molecule has 1 aromatic heterocycles. The highest BCUT2D eigenvalue weighted by Crippen LogP contribution is 2.36. The van der Waals surface area contributed by atoms with Gasteiger partial charge in [-0.05, 0) is 37.1 Å². The Kier molecular flexibility index (Phi) is 3.85. The second-order valence-electron chi connectivity index (χ2n) is 4.94. The third-order valence-corrected chi connectivity index (χ3v) is 4.82. The van der Waals surface area contributed by atoms with Crippen LogP contribution in [0.5, 0.6) is 0 Å². The zero-order chi connectivity index (χ0) is 13.1. The second kappa shape index (κ2) is 5.76. The zero-order valence-electron chi connectivity index (χ0n) is 11.0. The lowest BCUT2D eigenvalue weighted by Gasteiger charge is -2.16. The number of benzene rings is 1. The second-order valence-corrected chi connectivity index (χ2v) is 6.28. The van der Waals surface area contributed by atoms with Gasteiger partial charge in [-0.1, -0.05) is 24.3 Å². The lowest BCUT2D eigenvalue weighted by atomic mass is 10.1. The van der Waals surface area contributed by atoms with Crippen molar-refractivity contribution in [2.24, 2.45) is 0 Å². The highest BCUT2D eigenvalue weighted by atomic mass is 32.2. The molecule has 0 amide bonds. The van der Waals surface area contributed by atoms with Crippen LogP contribution >= 0.6 is 11.8 Å². The molecule has 0 radical (unpaired) electrons. The number of hydrogen-bond donors (Lipinski definition) is 1. The van der Waals surface area contributed by atoms with Crippen molar-refractivity contribution in [3.05, 3.63) is 59.9 Å². The van der Waals surface area contributed by atoms with Gasteiger partial charge < -0.3 is 5.32 Å². The van der Waals surface area contributed by atoms with Crippen LogP contribution < -0.4 is 5.32 Å². The summed E-state index contributed by atoms with van der Waals surface area (Å²) >= 11 is 1.99. The number of rotatable bonds is 4. The normalized spacial score (nSPS) is 19.1. The number of thioether (sulfide) groups is 1. The van der Waals surface area contributed by atoms with Crippen LogP contribution in [0.2, 0.25) is 0 Å². The maximum absolute atomic E-state index is 4.39. The Labute approximate surface area is 118 Å². The van der Waals surface area contributed by atoms with Gasteiger partial charge in [0.05, 0.1) is 5.69 Å². The summed E-state index contributed by atoms with van der Waals surface area (Å²) in [6.45, 7) is 3.20. The van der Waals surface area contributed by atoms with Crippen molar-refractivity contribution in [3.8, 4) is 0 Å². The average molecular weight is 270 g/mol. The first kappa shape index (κ1) is 12.7. The number of hydrogen-bond acceptors (Lipinski definition) is 3. The van der Waals surface area contributed by atoms with E-state index in [1.807, 2.05) is 30.1 Å². The summed E-state index contributed by atoms with van der Waals surface area (Å²) in [5.41, 5.74) is 2.60. The van der Waals surface area contributed by atoms with E-state index in [4.69, 9.17) is 0 Å². The molecule has 1 aliphatic rings. The Hall–Kier alpha value is -1.32. The number of pyridine rings is 1. The summed E-state index contributed by atoms with van der Waals surface area (Å²) in [6, 6.07) is 15.1. The lowest BCUT2D eigenvalue weighted by molar-refractivity contribution is 0.555. The van der Waals surface area contributed by atoms with Crippen LogP contribution in [-0.4, -0.2) is 16.8 Å². The molecule has 0 aliphatic carbocycles. The third-order valence-electron chi connectivity index (χ3n) is 3.50. The van der Waals surface area contributed by atoms with Crippen molar-refractivity contribution in [1.29, 1.82) is 0 Å². The summed E-state index contributed by atoms with van der Waals surface area (Å²) < 4.78 is 0. The predicted octanol–water partition coefficient (Wildman–Crippen LogP) is 3.45. The molecule has 0 saturated carbocycles. The molecule has 1 unspecified atom stereocenters. The van der Waals surface area contributed by atoms with Crippen molar-refractivity contribution in [2.45, 2.75) is 29.5 Å². The predicted molar refractivity (Wildman–Crippen MR) is 80.4 cm³/mol. The third kappa shape index (κ3) is 2.99. The fourth-order valence-electron chi connectivity index (χ4n) is 2.41. The van der Waals surface area contributed by atoms with Crippen molar-refractivity contribution in [3.63, 3.8) is 0 Å². The van der Waals surface area contributed by atoms with E-state index in [1.54, 1.807) is 0 Å². The topological polar surface area (TPSA) is 24.9 Å². The maximum atomic E-state index is 4.39. The molecule has 0 spiro atoms. The summed E-state index contributed by atoms with van der Waals surface area (Å²) in [7, 11) is 0. The fourth-order valence-corrected chi connectivity index (χ4v) is 3.67. The molecular formula is C16H18N2S. The molecule has 3 rings (SSSR count). The van der Waals surface area contributed by atoms with E-state index in [2.05, 4.69) is 47.6 Å². The van der Waals surface area contributed by atoms with Crippen LogP contribution in [0.1, 0.15) is 24.2 Å². The van der Waals surface area contributed by atoms with Gasteiger partial charge >= 0.3 is 0 Å². The van der Waals surface area contributed by atoms with Crippen LogP contribution in [-0.2, 0) is 6.42 Å². The molecule has 1 N–H and O–H groups in total. The van der Waals surface area contributed by atoms with E-state index >= 15 is 0 Å². The van der Waals surface area contributed by atoms with E-state index in [9.17, 15) is 0 Å². The molecule has 1 aliphatic heterocycles. The molecular weight excluding hydrogens is 252 g/mol. The Morgan fingerprint density at radius 3 is 2.89 bits per heavy atom.